The van der Waals surface area contributed by atoms with Gasteiger partial charge in [0.25, 0.3) is 0 Å². The normalized spacial score (nSPS) is 10.9. The van der Waals surface area contributed by atoms with Crippen LogP contribution in [0.25, 0.3) is 11.3 Å². The van der Waals surface area contributed by atoms with E-state index in [2.05, 4.69) is 55.0 Å². The Hall–Kier alpha value is -1.90. The second kappa shape index (κ2) is 4.77. The van der Waals surface area contributed by atoms with Crippen molar-refractivity contribution in [2.24, 2.45) is 0 Å². The number of hydrogen-bond donors (Lipinski definition) is 1. The zero-order chi connectivity index (χ0) is 13.3. The maximum absolute atomic E-state index is 5.98. The van der Waals surface area contributed by atoms with Crippen LogP contribution in [0.1, 0.15) is 36.7 Å². The molecular weight excluding hydrogens is 222 g/mol. The molecular formula is C15H19N3. The standard InChI is InChI=1S/C15H19N3/c1-9(2)15-17-13(11(4)14(16)18-15)12-7-5-10(3)6-8-12/h5-9H,1-4H3,(H2,16,17,18). The summed E-state index contributed by atoms with van der Waals surface area (Å²) in [5.74, 6) is 1.65. The molecule has 1 aromatic carbocycles. The van der Waals surface area contributed by atoms with Gasteiger partial charge in [0, 0.05) is 17.0 Å². The summed E-state index contributed by atoms with van der Waals surface area (Å²) in [4.78, 5) is 8.98. The van der Waals surface area contributed by atoms with E-state index in [-0.39, 0.29) is 5.92 Å². The number of hydrogen-bond acceptors (Lipinski definition) is 3. The highest BCUT2D eigenvalue weighted by atomic mass is 15.0. The lowest BCUT2D eigenvalue weighted by atomic mass is 10.0. The quantitative estimate of drug-likeness (QED) is 0.876. The van der Waals surface area contributed by atoms with Crippen LogP contribution >= 0.6 is 0 Å². The van der Waals surface area contributed by atoms with Gasteiger partial charge in [-0.2, -0.15) is 0 Å². The maximum Gasteiger partial charge on any atom is 0.133 e. The molecule has 0 aliphatic rings. The summed E-state index contributed by atoms with van der Waals surface area (Å²) >= 11 is 0. The number of aromatic nitrogens is 2. The van der Waals surface area contributed by atoms with Crippen LogP contribution in [-0.2, 0) is 0 Å². The predicted molar refractivity (Wildman–Crippen MR) is 75.4 cm³/mol. The number of nitrogen functional groups attached to an aromatic ring is 1. The molecule has 2 aromatic rings. The van der Waals surface area contributed by atoms with Crippen molar-refractivity contribution in [2.75, 3.05) is 5.73 Å². The molecule has 0 saturated carbocycles. The van der Waals surface area contributed by atoms with E-state index in [0.29, 0.717) is 5.82 Å². The summed E-state index contributed by atoms with van der Waals surface area (Å²) in [6.07, 6.45) is 0. The van der Waals surface area contributed by atoms with Crippen molar-refractivity contribution in [3.05, 3.63) is 41.2 Å². The average Bonchev–Trinajstić information content (AvgIpc) is 2.33. The molecule has 3 heteroatoms. The van der Waals surface area contributed by atoms with E-state index < -0.39 is 0 Å². The van der Waals surface area contributed by atoms with Gasteiger partial charge in [-0.05, 0) is 13.8 Å². The summed E-state index contributed by atoms with van der Waals surface area (Å²) < 4.78 is 0. The topological polar surface area (TPSA) is 51.8 Å². The van der Waals surface area contributed by atoms with E-state index in [0.717, 1.165) is 22.6 Å². The van der Waals surface area contributed by atoms with Crippen molar-refractivity contribution in [2.45, 2.75) is 33.6 Å². The fourth-order valence-corrected chi connectivity index (χ4v) is 1.80. The molecule has 0 radical (unpaired) electrons. The first-order chi connectivity index (χ1) is 8.49. The SMILES string of the molecule is Cc1ccc(-c2nc(C(C)C)nc(N)c2C)cc1. The van der Waals surface area contributed by atoms with Crippen LogP contribution in [0.2, 0.25) is 0 Å². The van der Waals surface area contributed by atoms with Crippen LogP contribution in [0.15, 0.2) is 24.3 Å². The second-order valence-electron chi connectivity index (χ2n) is 4.96. The molecule has 0 fully saturated rings. The van der Waals surface area contributed by atoms with Crippen LogP contribution in [0.5, 0.6) is 0 Å². The van der Waals surface area contributed by atoms with Crippen molar-refractivity contribution < 1.29 is 0 Å². The lowest BCUT2D eigenvalue weighted by Crippen LogP contribution is -2.06. The molecule has 0 saturated heterocycles. The van der Waals surface area contributed by atoms with Gasteiger partial charge in [-0.25, -0.2) is 9.97 Å². The van der Waals surface area contributed by atoms with E-state index in [1.807, 2.05) is 6.92 Å². The molecule has 0 aliphatic heterocycles. The molecule has 0 amide bonds. The first kappa shape index (κ1) is 12.6. The number of rotatable bonds is 2. The van der Waals surface area contributed by atoms with Crippen LogP contribution < -0.4 is 5.73 Å². The molecule has 2 rings (SSSR count). The molecule has 1 heterocycles. The molecule has 18 heavy (non-hydrogen) atoms. The second-order valence-corrected chi connectivity index (χ2v) is 4.96. The molecule has 0 spiro atoms. The van der Waals surface area contributed by atoms with Gasteiger partial charge in [0.15, 0.2) is 0 Å². The van der Waals surface area contributed by atoms with E-state index in [4.69, 9.17) is 5.73 Å². The maximum atomic E-state index is 5.98. The Balaban J connectivity index is 2.59. The van der Waals surface area contributed by atoms with Gasteiger partial charge >= 0.3 is 0 Å². The Morgan fingerprint density at radius 1 is 1.00 bits per heavy atom. The molecule has 0 atom stereocenters. The smallest absolute Gasteiger partial charge is 0.133 e. The van der Waals surface area contributed by atoms with Gasteiger partial charge < -0.3 is 5.73 Å². The molecule has 0 unspecified atom stereocenters. The van der Waals surface area contributed by atoms with Crippen LogP contribution in [0, 0.1) is 13.8 Å². The van der Waals surface area contributed by atoms with Gasteiger partial charge in [0.2, 0.25) is 0 Å². The third-order valence-electron chi connectivity index (χ3n) is 3.04. The van der Waals surface area contributed by atoms with Gasteiger partial charge in [-0.1, -0.05) is 43.7 Å². The lowest BCUT2D eigenvalue weighted by molar-refractivity contribution is 0.776. The number of nitrogens with two attached hydrogens (primary N) is 1. The van der Waals surface area contributed by atoms with E-state index in [1.165, 1.54) is 5.56 Å². The van der Waals surface area contributed by atoms with Gasteiger partial charge in [-0.3, -0.25) is 0 Å². The molecule has 0 aliphatic carbocycles. The van der Waals surface area contributed by atoms with Crippen LogP contribution in [0.4, 0.5) is 5.82 Å². The summed E-state index contributed by atoms with van der Waals surface area (Å²) in [5.41, 5.74) is 10.2. The highest BCUT2D eigenvalue weighted by Gasteiger charge is 2.12. The average molecular weight is 241 g/mol. The Kier molecular flexibility index (Phi) is 3.32. The van der Waals surface area contributed by atoms with Gasteiger partial charge in [-0.15, -0.1) is 0 Å². The first-order valence-corrected chi connectivity index (χ1v) is 6.20. The molecule has 94 valence electrons. The molecule has 1 aromatic heterocycles. The van der Waals surface area contributed by atoms with Crippen molar-refractivity contribution in [1.82, 2.24) is 9.97 Å². The molecule has 2 N–H and O–H groups in total. The number of aryl methyl sites for hydroxylation is 1. The largest absolute Gasteiger partial charge is 0.383 e. The third kappa shape index (κ3) is 2.35. The number of nitrogens with zero attached hydrogens (tertiary/aromatic N) is 2. The van der Waals surface area contributed by atoms with Crippen molar-refractivity contribution in [3.8, 4) is 11.3 Å². The van der Waals surface area contributed by atoms with Gasteiger partial charge in [0.05, 0.1) is 5.69 Å². The highest BCUT2D eigenvalue weighted by Crippen LogP contribution is 2.26. The monoisotopic (exact) mass is 241 g/mol. The zero-order valence-electron chi connectivity index (χ0n) is 11.4. The van der Waals surface area contributed by atoms with Crippen molar-refractivity contribution >= 4 is 5.82 Å². The third-order valence-corrected chi connectivity index (χ3v) is 3.04. The van der Waals surface area contributed by atoms with Crippen molar-refractivity contribution in [1.29, 1.82) is 0 Å². The Bertz CT molecular complexity index is 557. The van der Waals surface area contributed by atoms with Crippen molar-refractivity contribution in [3.63, 3.8) is 0 Å². The number of benzene rings is 1. The first-order valence-electron chi connectivity index (χ1n) is 6.20. The van der Waals surface area contributed by atoms with E-state index in [9.17, 15) is 0 Å². The molecule has 3 nitrogen and oxygen atoms in total. The minimum absolute atomic E-state index is 0.275. The van der Waals surface area contributed by atoms with Crippen LogP contribution in [-0.4, -0.2) is 9.97 Å². The van der Waals surface area contributed by atoms with E-state index in [1.54, 1.807) is 0 Å². The fraction of sp³-hybridized carbons (Fsp3) is 0.333. The highest BCUT2D eigenvalue weighted by molar-refractivity contribution is 5.67. The summed E-state index contributed by atoms with van der Waals surface area (Å²) in [6, 6.07) is 8.33. The van der Waals surface area contributed by atoms with E-state index >= 15 is 0 Å². The summed E-state index contributed by atoms with van der Waals surface area (Å²) in [5, 5.41) is 0. The Morgan fingerprint density at radius 3 is 2.17 bits per heavy atom. The lowest BCUT2D eigenvalue weighted by Gasteiger charge is -2.12. The fourth-order valence-electron chi connectivity index (χ4n) is 1.80. The summed E-state index contributed by atoms with van der Waals surface area (Å²) in [7, 11) is 0. The predicted octanol–water partition coefficient (Wildman–Crippen LogP) is 3.47. The minimum Gasteiger partial charge on any atom is -0.383 e. The minimum atomic E-state index is 0.275. The summed E-state index contributed by atoms with van der Waals surface area (Å²) in [6.45, 7) is 8.19. The zero-order valence-corrected chi connectivity index (χ0v) is 11.4. The Labute approximate surface area is 108 Å². The van der Waals surface area contributed by atoms with Crippen LogP contribution in [0.3, 0.4) is 0 Å². The molecule has 0 bridgehead atoms. The number of anilines is 1. The van der Waals surface area contributed by atoms with Gasteiger partial charge in [0.1, 0.15) is 11.6 Å². The Morgan fingerprint density at radius 2 is 1.61 bits per heavy atom.